The van der Waals surface area contributed by atoms with Crippen LogP contribution in [0.15, 0.2) is 12.2 Å². The van der Waals surface area contributed by atoms with Crippen molar-refractivity contribution in [2.24, 2.45) is 0 Å². The highest BCUT2D eigenvalue weighted by Gasteiger charge is 2.23. The van der Waals surface area contributed by atoms with Gasteiger partial charge in [0, 0.05) is 19.4 Å². The van der Waals surface area contributed by atoms with Gasteiger partial charge in [0.05, 0.1) is 0 Å². The Hall–Kier alpha value is -0.930. The van der Waals surface area contributed by atoms with E-state index in [0.29, 0.717) is 12.8 Å². The molecule has 0 saturated carbocycles. The van der Waals surface area contributed by atoms with Crippen molar-refractivity contribution in [3.05, 3.63) is 12.2 Å². The number of halogens is 2. The van der Waals surface area contributed by atoms with Crippen molar-refractivity contribution >= 4 is 5.91 Å². The third-order valence-electron chi connectivity index (χ3n) is 3.65. The fourth-order valence-corrected chi connectivity index (χ4v) is 2.25. The SMILES string of the molecule is CCCCCCCCC(=O)NC/C=C\C(F)(F)CCCCC. The third-order valence-corrected chi connectivity index (χ3v) is 3.65. The van der Waals surface area contributed by atoms with Gasteiger partial charge in [0.1, 0.15) is 0 Å². The molecule has 0 radical (unpaired) electrons. The molecule has 0 atom stereocenters. The zero-order valence-corrected chi connectivity index (χ0v) is 14.3. The largest absolute Gasteiger partial charge is 0.353 e. The van der Waals surface area contributed by atoms with Crippen molar-refractivity contribution in [3.63, 3.8) is 0 Å². The average Bonchev–Trinajstić information content (AvgIpc) is 2.47. The Kier molecular flexibility index (Phi) is 13.1. The minimum absolute atomic E-state index is 0.0468. The number of amides is 1. The van der Waals surface area contributed by atoms with E-state index in [9.17, 15) is 13.6 Å². The van der Waals surface area contributed by atoms with Crippen molar-refractivity contribution in [1.82, 2.24) is 5.32 Å². The molecule has 1 amide bonds. The Morgan fingerprint density at radius 3 is 2.23 bits per heavy atom. The number of hydrogen-bond donors (Lipinski definition) is 1. The van der Waals surface area contributed by atoms with Gasteiger partial charge in [0.25, 0.3) is 5.92 Å². The molecule has 22 heavy (non-hydrogen) atoms. The molecule has 0 heterocycles. The minimum atomic E-state index is -2.75. The lowest BCUT2D eigenvalue weighted by Gasteiger charge is -2.11. The van der Waals surface area contributed by atoms with Gasteiger partial charge in [0.15, 0.2) is 0 Å². The molecule has 0 unspecified atom stereocenters. The molecule has 0 aliphatic carbocycles. The van der Waals surface area contributed by atoms with Crippen LogP contribution in [0.5, 0.6) is 0 Å². The van der Waals surface area contributed by atoms with Crippen LogP contribution in [0.2, 0.25) is 0 Å². The third kappa shape index (κ3) is 14.0. The Balaban J connectivity index is 3.63. The number of allylic oxidation sites excluding steroid dienone is 1. The number of carbonyl (C=O) groups is 1. The van der Waals surface area contributed by atoms with Crippen molar-refractivity contribution in [2.45, 2.75) is 90.4 Å². The lowest BCUT2D eigenvalue weighted by atomic mass is 10.1. The maximum absolute atomic E-state index is 13.4. The summed E-state index contributed by atoms with van der Waals surface area (Å²) in [4.78, 5) is 11.5. The molecule has 0 aromatic carbocycles. The van der Waals surface area contributed by atoms with Crippen molar-refractivity contribution in [1.29, 1.82) is 0 Å². The second-order valence-corrected chi connectivity index (χ2v) is 5.94. The van der Waals surface area contributed by atoms with Crippen LogP contribution < -0.4 is 5.32 Å². The number of rotatable bonds is 14. The molecule has 1 N–H and O–H groups in total. The van der Waals surface area contributed by atoms with Crippen molar-refractivity contribution < 1.29 is 13.6 Å². The van der Waals surface area contributed by atoms with E-state index in [-0.39, 0.29) is 18.9 Å². The molecular formula is C18H33F2NO. The van der Waals surface area contributed by atoms with Gasteiger partial charge < -0.3 is 5.32 Å². The molecule has 0 aromatic rings. The van der Waals surface area contributed by atoms with Gasteiger partial charge in [-0.2, -0.15) is 0 Å². The minimum Gasteiger partial charge on any atom is -0.353 e. The first-order valence-corrected chi connectivity index (χ1v) is 8.84. The van der Waals surface area contributed by atoms with Gasteiger partial charge in [-0.15, -0.1) is 0 Å². The van der Waals surface area contributed by atoms with E-state index in [0.717, 1.165) is 31.8 Å². The molecule has 0 bridgehead atoms. The van der Waals surface area contributed by atoms with Crippen LogP contribution in [-0.2, 0) is 4.79 Å². The molecule has 0 aliphatic rings. The van der Waals surface area contributed by atoms with Crippen molar-refractivity contribution in [2.75, 3.05) is 6.54 Å². The summed E-state index contributed by atoms with van der Waals surface area (Å²) in [6.45, 7) is 4.36. The van der Waals surface area contributed by atoms with Gasteiger partial charge >= 0.3 is 0 Å². The van der Waals surface area contributed by atoms with E-state index in [1.807, 2.05) is 6.92 Å². The summed E-state index contributed by atoms with van der Waals surface area (Å²) in [6.07, 6.45) is 11.8. The van der Waals surface area contributed by atoms with Crippen LogP contribution in [0.3, 0.4) is 0 Å². The summed E-state index contributed by atoms with van der Waals surface area (Å²) in [5, 5.41) is 2.67. The predicted octanol–water partition coefficient (Wildman–Crippen LogP) is 5.63. The highest BCUT2D eigenvalue weighted by Crippen LogP contribution is 2.23. The average molecular weight is 317 g/mol. The molecular weight excluding hydrogens is 284 g/mol. The predicted molar refractivity (Wildman–Crippen MR) is 89.2 cm³/mol. The summed E-state index contributed by atoms with van der Waals surface area (Å²) in [6, 6.07) is 0. The lowest BCUT2D eigenvalue weighted by molar-refractivity contribution is -0.121. The van der Waals surface area contributed by atoms with E-state index >= 15 is 0 Å². The number of alkyl halides is 2. The quantitative estimate of drug-likeness (QED) is 0.327. The van der Waals surface area contributed by atoms with Crippen LogP contribution in [0.4, 0.5) is 8.78 Å². The van der Waals surface area contributed by atoms with Crippen LogP contribution in [0.25, 0.3) is 0 Å². The van der Waals surface area contributed by atoms with Gasteiger partial charge in [0.2, 0.25) is 5.91 Å². The van der Waals surface area contributed by atoms with E-state index in [4.69, 9.17) is 0 Å². The van der Waals surface area contributed by atoms with Crippen LogP contribution in [0.1, 0.15) is 84.5 Å². The van der Waals surface area contributed by atoms with Gasteiger partial charge in [-0.1, -0.05) is 64.9 Å². The zero-order chi connectivity index (χ0) is 16.7. The van der Waals surface area contributed by atoms with Gasteiger partial charge in [-0.3, -0.25) is 4.79 Å². The Morgan fingerprint density at radius 2 is 1.55 bits per heavy atom. The lowest BCUT2D eigenvalue weighted by Crippen LogP contribution is -2.23. The first-order chi connectivity index (χ1) is 10.5. The number of hydrogen-bond acceptors (Lipinski definition) is 1. The highest BCUT2D eigenvalue weighted by atomic mass is 19.3. The number of nitrogens with one attached hydrogen (secondary N) is 1. The summed E-state index contributed by atoms with van der Waals surface area (Å²) < 4.78 is 26.8. The maximum atomic E-state index is 13.4. The molecule has 0 saturated heterocycles. The molecule has 0 fully saturated rings. The van der Waals surface area contributed by atoms with Gasteiger partial charge in [-0.05, 0) is 18.9 Å². The van der Waals surface area contributed by atoms with E-state index < -0.39 is 5.92 Å². The Morgan fingerprint density at radius 1 is 0.955 bits per heavy atom. The Bertz CT molecular complexity index is 303. The van der Waals surface area contributed by atoms with Crippen LogP contribution in [0, 0.1) is 0 Å². The standard InChI is InChI=1S/C18H33F2NO/c1-3-5-7-8-9-10-13-17(22)21-16-12-15-18(19,20)14-11-6-4-2/h12,15H,3-11,13-14,16H2,1-2H3,(H,21,22)/b15-12-. The van der Waals surface area contributed by atoms with E-state index in [2.05, 4.69) is 12.2 Å². The molecule has 0 aromatic heterocycles. The maximum Gasteiger partial charge on any atom is 0.266 e. The zero-order valence-electron chi connectivity index (χ0n) is 14.3. The molecule has 130 valence electrons. The van der Waals surface area contributed by atoms with E-state index in [1.165, 1.54) is 31.8 Å². The molecule has 2 nitrogen and oxygen atoms in total. The summed E-state index contributed by atoms with van der Waals surface area (Å²) in [5.41, 5.74) is 0. The van der Waals surface area contributed by atoms with Crippen molar-refractivity contribution in [3.8, 4) is 0 Å². The first kappa shape index (κ1) is 21.1. The smallest absolute Gasteiger partial charge is 0.266 e. The number of unbranched alkanes of at least 4 members (excludes halogenated alkanes) is 7. The summed E-state index contributed by atoms with van der Waals surface area (Å²) in [7, 11) is 0. The fourth-order valence-electron chi connectivity index (χ4n) is 2.25. The monoisotopic (exact) mass is 317 g/mol. The molecule has 0 aliphatic heterocycles. The Labute approximate surface area is 134 Å². The van der Waals surface area contributed by atoms with Crippen LogP contribution in [-0.4, -0.2) is 18.4 Å². The second-order valence-electron chi connectivity index (χ2n) is 5.94. The van der Waals surface area contributed by atoms with Gasteiger partial charge in [-0.25, -0.2) is 8.78 Å². The van der Waals surface area contributed by atoms with E-state index in [1.54, 1.807) is 0 Å². The molecule has 4 heteroatoms. The summed E-state index contributed by atoms with van der Waals surface area (Å²) in [5.74, 6) is -2.80. The molecule has 0 spiro atoms. The normalized spacial score (nSPS) is 12.0. The number of carbonyl (C=O) groups excluding carboxylic acids is 1. The molecule has 0 rings (SSSR count). The highest BCUT2D eigenvalue weighted by molar-refractivity contribution is 5.75. The topological polar surface area (TPSA) is 29.1 Å². The fraction of sp³-hybridized carbons (Fsp3) is 0.833. The van der Waals surface area contributed by atoms with Crippen LogP contribution >= 0.6 is 0 Å². The second kappa shape index (κ2) is 13.7. The summed E-state index contributed by atoms with van der Waals surface area (Å²) >= 11 is 0. The first-order valence-electron chi connectivity index (χ1n) is 8.84.